The molecule has 0 aliphatic carbocycles. The van der Waals surface area contributed by atoms with Gasteiger partial charge in [0.25, 0.3) is 0 Å². The highest BCUT2D eigenvalue weighted by molar-refractivity contribution is 6.15. The number of methoxy groups -OCH3 is 1. The fourth-order valence-electron chi connectivity index (χ4n) is 6.51. The number of fused-ring (bicyclic) bond motifs is 2. The molecule has 2 N–H and O–H groups in total. The summed E-state index contributed by atoms with van der Waals surface area (Å²) in [6.07, 6.45) is 2.12. The fourth-order valence-corrected chi connectivity index (χ4v) is 6.51. The maximum atomic E-state index is 13.9. The molecule has 0 fully saturated rings. The monoisotopic (exact) mass is 774 g/mol. The van der Waals surface area contributed by atoms with Crippen LogP contribution in [0.4, 0.5) is 10.5 Å². The zero-order valence-corrected chi connectivity index (χ0v) is 34.2. The average Bonchev–Trinajstić information content (AvgIpc) is 3.14. The van der Waals surface area contributed by atoms with Crippen LogP contribution in [0.25, 0.3) is 32.7 Å². The van der Waals surface area contributed by atoms with Crippen molar-refractivity contribution in [3.05, 3.63) is 108 Å². The minimum Gasteiger partial charge on any atom is -0.496 e. The largest absolute Gasteiger partial charge is 0.496 e. The van der Waals surface area contributed by atoms with Crippen molar-refractivity contribution in [3.8, 4) is 16.9 Å². The number of ether oxygens (including phenoxy) is 4. The van der Waals surface area contributed by atoms with Gasteiger partial charge in [0.1, 0.15) is 23.0 Å². The first-order valence-corrected chi connectivity index (χ1v) is 19.4. The molecule has 0 bridgehead atoms. The van der Waals surface area contributed by atoms with E-state index in [2.05, 4.69) is 17.6 Å². The van der Waals surface area contributed by atoms with Gasteiger partial charge in [0.2, 0.25) is 5.91 Å². The van der Waals surface area contributed by atoms with E-state index in [1.807, 2.05) is 99.6 Å². The zero-order chi connectivity index (χ0) is 41.3. The van der Waals surface area contributed by atoms with Gasteiger partial charge in [-0.05, 0) is 111 Å². The Labute approximate surface area is 335 Å². The first kappa shape index (κ1) is 42.2. The number of nitrogens with one attached hydrogen (secondary N) is 2. The van der Waals surface area contributed by atoms with Crippen LogP contribution in [0.3, 0.4) is 0 Å². The third-order valence-corrected chi connectivity index (χ3v) is 9.09. The lowest BCUT2D eigenvalue weighted by Gasteiger charge is -2.24. The molecule has 0 spiro atoms. The second kappa shape index (κ2) is 18.4. The van der Waals surface area contributed by atoms with Gasteiger partial charge in [0, 0.05) is 29.7 Å². The van der Waals surface area contributed by atoms with Gasteiger partial charge in [-0.1, -0.05) is 80.1 Å². The second-order valence-corrected chi connectivity index (χ2v) is 16.1. The highest BCUT2D eigenvalue weighted by Gasteiger charge is 2.27. The van der Waals surface area contributed by atoms with Crippen LogP contribution in [0, 0.1) is 0 Å². The molecule has 0 radical (unpaired) electrons. The number of aryl methyl sites for hydroxylation is 1. The van der Waals surface area contributed by atoms with Gasteiger partial charge in [-0.3, -0.25) is 9.59 Å². The summed E-state index contributed by atoms with van der Waals surface area (Å²) in [4.78, 5) is 52.9. The number of amides is 2. The van der Waals surface area contributed by atoms with E-state index in [1.54, 1.807) is 40.0 Å². The first-order valence-electron chi connectivity index (χ1n) is 19.4. The lowest BCUT2D eigenvalue weighted by molar-refractivity contribution is -0.143. The fraction of sp³-hybridized carbons (Fsp3) is 0.362. The molecule has 1 atom stereocenters. The van der Waals surface area contributed by atoms with Crippen LogP contribution in [-0.4, -0.2) is 54.9 Å². The van der Waals surface area contributed by atoms with E-state index in [4.69, 9.17) is 18.9 Å². The van der Waals surface area contributed by atoms with Crippen LogP contribution in [0.2, 0.25) is 0 Å². The Bertz CT molecular complexity index is 2230. The third-order valence-electron chi connectivity index (χ3n) is 9.09. The number of rotatable bonds is 14. The van der Waals surface area contributed by atoms with Crippen LogP contribution < -0.4 is 15.4 Å². The maximum Gasteiger partial charge on any atom is 0.408 e. The van der Waals surface area contributed by atoms with Crippen molar-refractivity contribution in [2.45, 2.75) is 97.8 Å². The van der Waals surface area contributed by atoms with E-state index in [9.17, 15) is 19.2 Å². The van der Waals surface area contributed by atoms with Crippen LogP contribution in [-0.2, 0) is 36.6 Å². The summed E-state index contributed by atoms with van der Waals surface area (Å²) >= 11 is 0. The van der Waals surface area contributed by atoms with Gasteiger partial charge in [-0.2, -0.15) is 0 Å². The van der Waals surface area contributed by atoms with Crippen LogP contribution >= 0.6 is 0 Å². The molecule has 0 unspecified atom stereocenters. The molecule has 0 saturated carbocycles. The Morgan fingerprint density at radius 2 is 1.39 bits per heavy atom. The number of carbonyl (C=O) groups excluding carboxylic acids is 4. The van der Waals surface area contributed by atoms with Crippen molar-refractivity contribution >= 4 is 51.2 Å². The van der Waals surface area contributed by atoms with Crippen LogP contribution in [0.5, 0.6) is 5.75 Å². The molecule has 0 saturated heterocycles. The summed E-state index contributed by atoms with van der Waals surface area (Å²) in [7, 11) is 1.58. The lowest BCUT2D eigenvalue weighted by atomic mass is 9.88. The highest BCUT2D eigenvalue weighted by Crippen LogP contribution is 2.44. The van der Waals surface area contributed by atoms with E-state index in [0.29, 0.717) is 41.2 Å². The second-order valence-electron chi connectivity index (χ2n) is 16.1. The Hall–Kier alpha value is -5.90. The summed E-state index contributed by atoms with van der Waals surface area (Å²) in [5.74, 6) is -0.584. The number of unbranched alkanes of at least 4 members (excludes halogenated alkanes) is 1. The van der Waals surface area contributed by atoms with Gasteiger partial charge in [0.05, 0.1) is 19.3 Å². The third kappa shape index (κ3) is 11.6. The van der Waals surface area contributed by atoms with Crippen molar-refractivity contribution in [1.29, 1.82) is 0 Å². The smallest absolute Gasteiger partial charge is 0.408 e. The van der Waals surface area contributed by atoms with Crippen molar-refractivity contribution in [2.75, 3.05) is 19.0 Å². The van der Waals surface area contributed by atoms with Gasteiger partial charge >= 0.3 is 18.0 Å². The van der Waals surface area contributed by atoms with E-state index < -0.39 is 35.2 Å². The number of esters is 2. The summed E-state index contributed by atoms with van der Waals surface area (Å²) in [5, 5.41) is 8.95. The predicted octanol–water partition coefficient (Wildman–Crippen LogP) is 9.97. The molecule has 2 amide bonds. The molecule has 0 heterocycles. The van der Waals surface area contributed by atoms with E-state index in [1.165, 1.54) is 0 Å². The molecule has 5 aromatic rings. The van der Waals surface area contributed by atoms with E-state index >= 15 is 0 Å². The van der Waals surface area contributed by atoms with Crippen molar-refractivity contribution in [2.24, 2.45) is 0 Å². The zero-order valence-electron chi connectivity index (χ0n) is 34.2. The first-order chi connectivity index (χ1) is 27.0. The van der Waals surface area contributed by atoms with Gasteiger partial charge in [-0.25, -0.2) is 9.59 Å². The molecule has 0 aliphatic rings. The Kier molecular flexibility index (Phi) is 13.6. The van der Waals surface area contributed by atoms with Crippen molar-refractivity contribution < 1.29 is 38.1 Å². The predicted molar refractivity (Wildman–Crippen MR) is 225 cm³/mol. The normalized spacial score (nSPS) is 12.1. The quantitative estimate of drug-likeness (QED) is 0.0648. The summed E-state index contributed by atoms with van der Waals surface area (Å²) in [5.41, 5.74) is 2.54. The molecule has 10 nitrogen and oxygen atoms in total. The molecule has 0 aliphatic heterocycles. The lowest BCUT2D eigenvalue weighted by Crippen LogP contribution is -2.47. The number of benzene rings is 5. The molecule has 57 heavy (non-hydrogen) atoms. The number of hydrogen-bond acceptors (Lipinski definition) is 8. The molecular weight excluding hydrogens is 721 g/mol. The van der Waals surface area contributed by atoms with E-state index in [0.717, 1.165) is 45.5 Å². The Morgan fingerprint density at radius 3 is 2.07 bits per heavy atom. The SMILES string of the molecule is CCCCOC(=O)CCc1ccc2c(-c3c(OC)ccc4cc(NC(=O)[C@H](Cc5ccccc5)NC(=O)OC(C)(C)C)ccc34)c(C(=O)OC(C)(C)C)ccc2c1. The van der Waals surface area contributed by atoms with Crippen molar-refractivity contribution in [3.63, 3.8) is 0 Å². The maximum absolute atomic E-state index is 13.9. The number of anilines is 1. The molecule has 5 aromatic carbocycles. The van der Waals surface area contributed by atoms with Crippen molar-refractivity contribution in [1.82, 2.24) is 5.32 Å². The topological polar surface area (TPSA) is 129 Å². The molecule has 10 heteroatoms. The van der Waals surface area contributed by atoms with E-state index in [-0.39, 0.29) is 18.8 Å². The van der Waals surface area contributed by atoms with Gasteiger partial charge in [0.15, 0.2) is 0 Å². The Balaban J connectivity index is 1.54. The Morgan fingerprint density at radius 1 is 0.719 bits per heavy atom. The molecule has 5 rings (SSSR count). The van der Waals surface area contributed by atoms with Gasteiger partial charge in [-0.15, -0.1) is 0 Å². The minimum atomic E-state index is -0.923. The molecule has 0 aromatic heterocycles. The summed E-state index contributed by atoms with van der Waals surface area (Å²) < 4.78 is 22.7. The summed E-state index contributed by atoms with van der Waals surface area (Å²) in [6.45, 7) is 13.2. The molecule has 300 valence electrons. The molecular formula is C47H54N2O8. The number of alkyl carbamates (subject to hydrolysis) is 1. The highest BCUT2D eigenvalue weighted by atomic mass is 16.6. The average molecular weight is 775 g/mol. The standard InChI is InChI=1S/C47H54N2O8/c1-9-10-26-55-40(50)25-17-31-16-21-35-32(27-31)18-22-37(44(52)56-46(2,3)4)41(35)42-36-23-20-34(29-33(36)19-24-39(42)54-8)48-43(51)38(28-30-14-12-11-13-15-30)49-45(53)57-47(5,6)7/h11-16,18-24,27,29,38H,9-10,17,25-26,28H2,1-8H3,(H,48,51)(H,49,53)/t38-/m0/s1. The van der Waals surface area contributed by atoms with Gasteiger partial charge < -0.3 is 29.6 Å². The van der Waals surface area contributed by atoms with Crippen LogP contribution in [0.1, 0.15) is 89.2 Å². The number of hydrogen-bond donors (Lipinski definition) is 2. The summed E-state index contributed by atoms with van der Waals surface area (Å²) in [6, 6.07) is 27.4. The van der Waals surface area contributed by atoms with Crippen LogP contribution in [0.15, 0.2) is 91.0 Å². The number of carbonyl (C=O) groups is 4. The minimum absolute atomic E-state index is 0.230.